The molecule has 0 saturated heterocycles. The minimum atomic E-state index is -0.0783. The van der Waals surface area contributed by atoms with Gasteiger partial charge >= 0.3 is 0 Å². The average molecular weight is 255 g/mol. The molecule has 1 aromatic rings. The molecule has 0 unspecified atom stereocenters. The van der Waals surface area contributed by atoms with Crippen LogP contribution in [0.1, 0.15) is 26.5 Å². The van der Waals surface area contributed by atoms with Crippen LogP contribution in [0.5, 0.6) is 0 Å². The van der Waals surface area contributed by atoms with Crippen molar-refractivity contribution in [2.45, 2.75) is 39.5 Å². The van der Waals surface area contributed by atoms with Gasteiger partial charge in [-0.1, -0.05) is 0 Å². The number of aromatic nitrogens is 2. The third kappa shape index (κ3) is 6.74. The Morgan fingerprint density at radius 3 is 2.78 bits per heavy atom. The topological polar surface area (TPSA) is 48.3 Å². The Balaban J connectivity index is 2.21. The number of nitrogens with one attached hydrogen (secondary N) is 1. The van der Waals surface area contributed by atoms with E-state index in [1.54, 1.807) is 7.11 Å². The molecule has 0 bridgehead atoms. The number of nitrogens with zero attached hydrogens (tertiary/aromatic N) is 2. The second kappa shape index (κ2) is 7.51. The fourth-order valence-corrected chi connectivity index (χ4v) is 1.47. The van der Waals surface area contributed by atoms with Crippen molar-refractivity contribution in [1.29, 1.82) is 0 Å². The number of hydrogen-bond acceptors (Lipinski definition) is 4. The largest absolute Gasteiger partial charge is 0.383 e. The molecule has 0 radical (unpaired) electrons. The highest BCUT2D eigenvalue weighted by molar-refractivity contribution is 4.96. The summed E-state index contributed by atoms with van der Waals surface area (Å²) in [5.74, 6) is 0. The van der Waals surface area contributed by atoms with Crippen LogP contribution in [0, 0.1) is 0 Å². The van der Waals surface area contributed by atoms with Crippen molar-refractivity contribution in [2.24, 2.45) is 0 Å². The van der Waals surface area contributed by atoms with Crippen LogP contribution in [0.15, 0.2) is 12.5 Å². The predicted molar refractivity (Wildman–Crippen MR) is 71.5 cm³/mol. The predicted octanol–water partition coefficient (Wildman–Crippen LogP) is 1.43. The van der Waals surface area contributed by atoms with Gasteiger partial charge in [0.25, 0.3) is 0 Å². The summed E-state index contributed by atoms with van der Waals surface area (Å²) in [5.41, 5.74) is 0.965. The van der Waals surface area contributed by atoms with Gasteiger partial charge in [0.05, 0.1) is 30.8 Å². The van der Waals surface area contributed by atoms with E-state index in [2.05, 4.69) is 35.6 Å². The molecule has 104 valence electrons. The lowest BCUT2D eigenvalue weighted by Gasteiger charge is -2.19. The Morgan fingerprint density at radius 2 is 2.11 bits per heavy atom. The second-order valence-electron chi connectivity index (χ2n) is 5.23. The molecule has 0 saturated carbocycles. The van der Waals surface area contributed by atoms with Crippen molar-refractivity contribution in [3.63, 3.8) is 0 Å². The molecular weight excluding hydrogens is 230 g/mol. The molecule has 5 heteroatoms. The third-order valence-electron chi connectivity index (χ3n) is 2.36. The molecule has 0 fully saturated rings. The van der Waals surface area contributed by atoms with Gasteiger partial charge in [0.2, 0.25) is 0 Å². The summed E-state index contributed by atoms with van der Waals surface area (Å²) in [6, 6.07) is 0. The summed E-state index contributed by atoms with van der Waals surface area (Å²) in [6.07, 6.45) is 3.89. The summed E-state index contributed by atoms with van der Waals surface area (Å²) in [6.45, 7) is 10.1. The molecule has 18 heavy (non-hydrogen) atoms. The van der Waals surface area contributed by atoms with E-state index in [0.29, 0.717) is 6.61 Å². The highest BCUT2D eigenvalue weighted by Gasteiger charge is 2.09. The van der Waals surface area contributed by atoms with Crippen LogP contribution in [0.3, 0.4) is 0 Å². The molecule has 0 aromatic carbocycles. The van der Waals surface area contributed by atoms with E-state index in [0.717, 1.165) is 31.9 Å². The fourth-order valence-electron chi connectivity index (χ4n) is 1.47. The monoisotopic (exact) mass is 255 g/mol. The van der Waals surface area contributed by atoms with Gasteiger partial charge in [-0.3, -0.25) is 0 Å². The Hall–Kier alpha value is -0.910. The number of hydrogen-bond donors (Lipinski definition) is 1. The maximum Gasteiger partial charge on any atom is 0.0950 e. The Morgan fingerprint density at radius 1 is 1.33 bits per heavy atom. The summed E-state index contributed by atoms with van der Waals surface area (Å²) in [4.78, 5) is 4.33. The molecule has 1 N–H and O–H groups in total. The van der Waals surface area contributed by atoms with Crippen molar-refractivity contribution >= 4 is 0 Å². The first-order valence-corrected chi connectivity index (χ1v) is 6.35. The third-order valence-corrected chi connectivity index (χ3v) is 2.36. The van der Waals surface area contributed by atoms with Crippen LogP contribution in [-0.4, -0.2) is 42.0 Å². The van der Waals surface area contributed by atoms with E-state index in [1.807, 2.05) is 12.5 Å². The lowest BCUT2D eigenvalue weighted by Crippen LogP contribution is -2.21. The van der Waals surface area contributed by atoms with Crippen molar-refractivity contribution in [1.82, 2.24) is 14.9 Å². The lowest BCUT2D eigenvalue weighted by molar-refractivity contribution is -0.00683. The molecule has 0 spiro atoms. The molecular formula is C13H25N3O2. The van der Waals surface area contributed by atoms with Gasteiger partial charge in [0, 0.05) is 32.9 Å². The van der Waals surface area contributed by atoms with Gasteiger partial charge in [-0.25, -0.2) is 4.98 Å². The van der Waals surface area contributed by atoms with Crippen molar-refractivity contribution in [3.8, 4) is 0 Å². The van der Waals surface area contributed by atoms with Gasteiger partial charge in [0.1, 0.15) is 0 Å². The van der Waals surface area contributed by atoms with E-state index in [1.165, 1.54) is 0 Å². The molecule has 0 aliphatic heterocycles. The first-order chi connectivity index (χ1) is 8.51. The van der Waals surface area contributed by atoms with Crippen LogP contribution < -0.4 is 5.32 Å². The van der Waals surface area contributed by atoms with E-state index in [9.17, 15) is 0 Å². The van der Waals surface area contributed by atoms with Gasteiger partial charge in [-0.2, -0.15) is 0 Å². The highest BCUT2D eigenvalue weighted by Crippen LogP contribution is 2.06. The van der Waals surface area contributed by atoms with Gasteiger partial charge in [-0.05, 0) is 20.8 Å². The summed E-state index contributed by atoms with van der Waals surface area (Å²) in [5, 5.41) is 3.26. The maximum absolute atomic E-state index is 5.67. The second-order valence-corrected chi connectivity index (χ2v) is 5.23. The number of ether oxygens (including phenoxy) is 2. The fraction of sp³-hybridized carbons (Fsp3) is 0.769. The summed E-state index contributed by atoms with van der Waals surface area (Å²) < 4.78 is 12.7. The molecule has 0 atom stereocenters. The molecule has 0 aliphatic rings. The molecule has 1 rings (SSSR count). The van der Waals surface area contributed by atoms with Gasteiger partial charge in [0.15, 0.2) is 0 Å². The SMILES string of the molecule is COCCNCc1cn(CCOC(C)(C)C)cn1. The quantitative estimate of drug-likeness (QED) is 0.714. The van der Waals surface area contributed by atoms with E-state index in [4.69, 9.17) is 9.47 Å². The summed E-state index contributed by atoms with van der Waals surface area (Å²) >= 11 is 0. The molecule has 1 heterocycles. The highest BCUT2D eigenvalue weighted by atomic mass is 16.5. The maximum atomic E-state index is 5.67. The average Bonchev–Trinajstić information content (AvgIpc) is 2.71. The minimum absolute atomic E-state index is 0.0783. The van der Waals surface area contributed by atoms with Gasteiger partial charge in [-0.15, -0.1) is 0 Å². The Labute approximate surface area is 109 Å². The number of rotatable bonds is 8. The van der Waals surface area contributed by atoms with E-state index in [-0.39, 0.29) is 5.60 Å². The zero-order valence-electron chi connectivity index (χ0n) is 11.9. The van der Waals surface area contributed by atoms with Crippen LogP contribution in [-0.2, 0) is 22.6 Å². The zero-order valence-corrected chi connectivity index (χ0v) is 11.9. The molecule has 0 amide bonds. The van der Waals surface area contributed by atoms with Crippen molar-refractivity contribution < 1.29 is 9.47 Å². The van der Waals surface area contributed by atoms with E-state index < -0.39 is 0 Å². The van der Waals surface area contributed by atoms with Gasteiger partial charge < -0.3 is 19.4 Å². The standard InChI is InChI=1S/C13H25N3O2/c1-13(2,3)18-8-6-16-10-12(15-11-16)9-14-5-7-17-4/h10-11,14H,5-9H2,1-4H3. The minimum Gasteiger partial charge on any atom is -0.383 e. The Kier molecular flexibility index (Phi) is 6.32. The number of methoxy groups -OCH3 is 1. The normalized spacial score (nSPS) is 12.0. The first kappa shape index (κ1) is 15.1. The van der Waals surface area contributed by atoms with Crippen LogP contribution in [0.2, 0.25) is 0 Å². The van der Waals surface area contributed by atoms with E-state index >= 15 is 0 Å². The summed E-state index contributed by atoms with van der Waals surface area (Å²) in [7, 11) is 1.70. The van der Waals surface area contributed by atoms with Crippen LogP contribution in [0.4, 0.5) is 0 Å². The zero-order chi connectivity index (χ0) is 13.4. The lowest BCUT2D eigenvalue weighted by atomic mass is 10.2. The molecule has 1 aromatic heterocycles. The Bertz CT molecular complexity index is 331. The van der Waals surface area contributed by atoms with Crippen LogP contribution >= 0.6 is 0 Å². The van der Waals surface area contributed by atoms with Crippen LogP contribution in [0.25, 0.3) is 0 Å². The number of imidazole rings is 1. The molecule has 5 nitrogen and oxygen atoms in total. The van der Waals surface area contributed by atoms with Crippen molar-refractivity contribution in [2.75, 3.05) is 26.9 Å². The molecule has 0 aliphatic carbocycles. The first-order valence-electron chi connectivity index (χ1n) is 6.35. The smallest absolute Gasteiger partial charge is 0.0950 e. The van der Waals surface area contributed by atoms with Crippen molar-refractivity contribution in [3.05, 3.63) is 18.2 Å².